The van der Waals surface area contributed by atoms with Crippen LogP contribution in [0.25, 0.3) is 10.2 Å². The fourth-order valence-electron chi connectivity index (χ4n) is 3.46. The van der Waals surface area contributed by atoms with Crippen LogP contribution in [-0.2, 0) is 17.6 Å². The normalized spacial score (nSPS) is 13.3. The summed E-state index contributed by atoms with van der Waals surface area (Å²) in [6, 6.07) is 6.74. The van der Waals surface area contributed by atoms with Crippen LogP contribution in [0.15, 0.2) is 29.3 Å². The number of hydrogen-bond acceptors (Lipinski definition) is 6. The molecular weight excluding hydrogens is 392 g/mol. The highest BCUT2D eigenvalue weighted by Gasteiger charge is 2.21. The predicted octanol–water partition coefficient (Wildman–Crippen LogP) is 3.71. The number of hydrogen-bond donors (Lipinski definition) is 2. The van der Waals surface area contributed by atoms with Crippen LogP contribution in [0.2, 0.25) is 0 Å². The van der Waals surface area contributed by atoms with Crippen LogP contribution in [0.3, 0.4) is 0 Å². The smallest absolute Gasteiger partial charge is 0.250 e. The summed E-state index contributed by atoms with van der Waals surface area (Å²) < 4.78 is 0. The van der Waals surface area contributed by atoms with E-state index >= 15 is 0 Å². The zero-order valence-electron chi connectivity index (χ0n) is 15.4. The second kappa shape index (κ2) is 7.89. The van der Waals surface area contributed by atoms with Crippen molar-refractivity contribution in [3.63, 3.8) is 0 Å². The van der Waals surface area contributed by atoms with Crippen molar-refractivity contribution in [1.82, 2.24) is 9.97 Å². The molecule has 3 N–H and O–H groups in total. The van der Waals surface area contributed by atoms with Crippen molar-refractivity contribution in [1.29, 1.82) is 0 Å². The largest absolute Gasteiger partial charge is 0.366 e. The zero-order valence-corrected chi connectivity index (χ0v) is 17.1. The van der Waals surface area contributed by atoms with Crippen molar-refractivity contribution in [3.8, 4) is 0 Å². The molecule has 2 aromatic heterocycles. The highest BCUT2D eigenvalue weighted by Crippen LogP contribution is 2.39. The van der Waals surface area contributed by atoms with E-state index in [0.717, 1.165) is 28.1 Å². The van der Waals surface area contributed by atoms with E-state index in [0.29, 0.717) is 17.1 Å². The number of anilines is 1. The van der Waals surface area contributed by atoms with Crippen molar-refractivity contribution >= 4 is 50.8 Å². The van der Waals surface area contributed by atoms with E-state index < -0.39 is 5.91 Å². The molecule has 0 spiro atoms. The average Bonchev–Trinajstić information content (AvgIpc) is 3.04. The Bertz CT molecular complexity index is 1080. The summed E-state index contributed by atoms with van der Waals surface area (Å²) >= 11 is 3.16. The third kappa shape index (κ3) is 3.74. The Labute approximate surface area is 170 Å². The third-order valence-electron chi connectivity index (χ3n) is 4.70. The number of amides is 2. The van der Waals surface area contributed by atoms with Gasteiger partial charge in [-0.25, -0.2) is 9.97 Å². The number of carbonyl (C=O) groups is 2. The lowest BCUT2D eigenvalue weighted by Crippen LogP contribution is -2.19. The first-order valence-electron chi connectivity index (χ1n) is 9.13. The van der Waals surface area contributed by atoms with E-state index in [1.54, 1.807) is 35.6 Å². The SMILES string of the molecule is Cc1nc(SCC(=O)Nc2ccccc2C(N)=O)c2c3c(sc2n1)CCCC3. The topological polar surface area (TPSA) is 98.0 Å². The summed E-state index contributed by atoms with van der Waals surface area (Å²) in [6.07, 6.45) is 4.55. The molecule has 2 amide bonds. The molecule has 0 radical (unpaired) electrons. The van der Waals surface area contributed by atoms with Crippen LogP contribution < -0.4 is 11.1 Å². The number of nitrogens with one attached hydrogen (secondary N) is 1. The summed E-state index contributed by atoms with van der Waals surface area (Å²) in [4.78, 5) is 35.6. The van der Waals surface area contributed by atoms with Crippen molar-refractivity contribution in [2.75, 3.05) is 11.1 Å². The predicted molar refractivity (Wildman–Crippen MR) is 113 cm³/mol. The van der Waals surface area contributed by atoms with Gasteiger partial charge in [0, 0.05) is 10.3 Å². The molecule has 6 nitrogen and oxygen atoms in total. The Morgan fingerprint density at radius 2 is 2.00 bits per heavy atom. The third-order valence-corrected chi connectivity index (χ3v) is 6.86. The molecule has 28 heavy (non-hydrogen) atoms. The van der Waals surface area contributed by atoms with Gasteiger partial charge < -0.3 is 11.1 Å². The number of fused-ring (bicyclic) bond motifs is 3. The first-order chi connectivity index (χ1) is 13.5. The van der Waals surface area contributed by atoms with Gasteiger partial charge in [-0.3, -0.25) is 9.59 Å². The average molecular weight is 413 g/mol. The lowest BCUT2D eigenvalue weighted by atomic mass is 9.97. The first-order valence-corrected chi connectivity index (χ1v) is 10.9. The lowest BCUT2D eigenvalue weighted by molar-refractivity contribution is -0.113. The Morgan fingerprint density at radius 1 is 1.21 bits per heavy atom. The Morgan fingerprint density at radius 3 is 2.82 bits per heavy atom. The molecule has 1 aromatic carbocycles. The fraction of sp³-hybridized carbons (Fsp3) is 0.300. The lowest BCUT2D eigenvalue weighted by Gasteiger charge is -2.12. The highest BCUT2D eigenvalue weighted by atomic mass is 32.2. The minimum absolute atomic E-state index is 0.198. The number of aromatic nitrogens is 2. The molecule has 0 fully saturated rings. The fourth-order valence-corrected chi connectivity index (χ4v) is 5.73. The number of nitrogens with zero attached hydrogens (tertiary/aromatic N) is 2. The molecule has 4 rings (SSSR count). The summed E-state index contributed by atoms with van der Waals surface area (Å²) in [7, 11) is 0. The van der Waals surface area contributed by atoms with E-state index in [9.17, 15) is 9.59 Å². The standard InChI is InChI=1S/C20H20N4O2S2/c1-11-22-19(17-13-7-3-5-9-15(13)28-20(17)23-11)27-10-16(25)24-14-8-4-2-6-12(14)18(21)26/h2,4,6,8H,3,5,7,9-10H2,1H3,(H2,21,26)(H,24,25). The molecule has 0 unspecified atom stereocenters. The van der Waals surface area contributed by atoms with E-state index in [2.05, 4.69) is 15.3 Å². The number of thiophene rings is 1. The maximum absolute atomic E-state index is 12.5. The van der Waals surface area contributed by atoms with Crippen molar-refractivity contribution < 1.29 is 9.59 Å². The van der Waals surface area contributed by atoms with Gasteiger partial charge in [-0.1, -0.05) is 23.9 Å². The summed E-state index contributed by atoms with van der Waals surface area (Å²) in [5, 5.41) is 4.75. The molecule has 0 saturated heterocycles. The van der Waals surface area contributed by atoms with Crippen molar-refractivity contribution in [2.45, 2.75) is 37.6 Å². The summed E-state index contributed by atoms with van der Waals surface area (Å²) in [5.74, 6) is 0.144. The number of aryl methyl sites for hydroxylation is 3. The highest BCUT2D eigenvalue weighted by molar-refractivity contribution is 8.00. The summed E-state index contributed by atoms with van der Waals surface area (Å²) in [5.41, 5.74) is 7.46. The second-order valence-electron chi connectivity index (χ2n) is 6.71. The molecule has 2 heterocycles. The molecule has 0 atom stereocenters. The number of benzene rings is 1. The number of para-hydroxylation sites is 1. The first kappa shape index (κ1) is 18.9. The monoisotopic (exact) mass is 412 g/mol. The number of nitrogens with two attached hydrogens (primary N) is 1. The molecule has 0 aliphatic heterocycles. The quantitative estimate of drug-likeness (QED) is 0.492. The molecule has 0 bridgehead atoms. The zero-order chi connectivity index (χ0) is 19.7. The van der Waals surface area contributed by atoms with E-state index in [1.165, 1.54) is 35.0 Å². The van der Waals surface area contributed by atoms with Crippen LogP contribution in [0.5, 0.6) is 0 Å². The number of primary amides is 1. The minimum Gasteiger partial charge on any atom is -0.366 e. The number of rotatable bonds is 5. The Hall–Kier alpha value is -2.45. The van der Waals surface area contributed by atoms with Gasteiger partial charge >= 0.3 is 0 Å². The van der Waals surface area contributed by atoms with Gasteiger partial charge in [-0.05, 0) is 50.3 Å². The number of thioether (sulfide) groups is 1. The van der Waals surface area contributed by atoms with Crippen molar-refractivity contribution in [3.05, 3.63) is 46.1 Å². The molecule has 144 valence electrons. The van der Waals surface area contributed by atoms with Crippen LogP contribution in [0.1, 0.15) is 39.5 Å². The molecule has 1 aliphatic carbocycles. The van der Waals surface area contributed by atoms with Crippen molar-refractivity contribution in [2.24, 2.45) is 5.73 Å². The van der Waals surface area contributed by atoms with Crippen LogP contribution >= 0.6 is 23.1 Å². The van der Waals surface area contributed by atoms with E-state index in [4.69, 9.17) is 5.73 Å². The van der Waals surface area contributed by atoms with Gasteiger partial charge in [0.2, 0.25) is 5.91 Å². The van der Waals surface area contributed by atoms with Crippen LogP contribution in [-0.4, -0.2) is 27.5 Å². The Kier molecular flexibility index (Phi) is 5.32. The maximum Gasteiger partial charge on any atom is 0.250 e. The van der Waals surface area contributed by atoms with Gasteiger partial charge in [-0.15, -0.1) is 11.3 Å². The molecule has 8 heteroatoms. The molecule has 3 aromatic rings. The van der Waals surface area contributed by atoms with E-state index in [-0.39, 0.29) is 11.7 Å². The Balaban J connectivity index is 1.55. The van der Waals surface area contributed by atoms with E-state index in [1.807, 2.05) is 6.92 Å². The van der Waals surface area contributed by atoms with Crippen LogP contribution in [0, 0.1) is 6.92 Å². The molecule has 1 aliphatic rings. The van der Waals surface area contributed by atoms with Gasteiger partial charge in [0.15, 0.2) is 0 Å². The number of carbonyl (C=O) groups excluding carboxylic acids is 2. The van der Waals surface area contributed by atoms with Gasteiger partial charge in [0.25, 0.3) is 5.91 Å². The second-order valence-corrected chi connectivity index (χ2v) is 8.76. The van der Waals surface area contributed by atoms with Gasteiger partial charge in [0.1, 0.15) is 15.7 Å². The molecular formula is C20H20N4O2S2. The molecule has 0 saturated carbocycles. The van der Waals surface area contributed by atoms with Gasteiger partial charge in [-0.2, -0.15) is 0 Å². The summed E-state index contributed by atoms with van der Waals surface area (Å²) in [6.45, 7) is 1.88. The van der Waals surface area contributed by atoms with Gasteiger partial charge in [0.05, 0.1) is 17.0 Å². The minimum atomic E-state index is -0.568. The van der Waals surface area contributed by atoms with Crippen LogP contribution in [0.4, 0.5) is 5.69 Å². The maximum atomic E-state index is 12.5.